The first kappa shape index (κ1) is 21.6. The molecule has 3 fully saturated rings. The van der Waals surface area contributed by atoms with E-state index >= 15 is 0 Å². The van der Waals surface area contributed by atoms with Gasteiger partial charge in [0.15, 0.2) is 0 Å². The van der Waals surface area contributed by atoms with Crippen LogP contribution < -0.4 is 5.32 Å². The van der Waals surface area contributed by atoms with Crippen LogP contribution in [0.5, 0.6) is 0 Å². The summed E-state index contributed by atoms with van der Waals surface area (Å²) in [7, 11) is 3.55. The minimum absolute atomic E-state index is 0.0169. The summed E-state index contributed by atoms with van der Waals surface area (Å²) < 4.78 is 6.97. The van der Waals surface area contributed by atoms with E-state index < -0.39 is 0 Å². The van der Waals surface area contributed by atoms with Crippen molar-refractivity contribution in [2.45, 2.75) is 75.5 Å². The number of fused-ring (bicyclic) bond motifs is 1. The molecule has 5 heteroatoms. The van der Waals surface area contributed by atoms with E-state index in [9.17, 15) is 10.0 Å². The zero-order valence-electron chi connectivity index (χ0n) is 20.1. The number of carbonyl (C=O) groups is 1. The molecule has 1 aromatic rings. The van der Waals surface area contributed by atoms with Crippen molar-refractivity contribution in [1.29, 1.82) is 0 Å². The highest BCUT2D eigenvalue weighted by Crippen LogP contribution is 2.67. The van der Waals surface area contributed by atoms with Gasteiger partial charge in [-0.2, -0.15) is 0 Å². The molecule has 6 rings (SSSR count). The first-order valence-electron chi connectivity index (χ1n) is 12.7. The molecule has 0 aromatic heterocycles. The van der Waals surface area contributed by atoms with Gasteiger partial charge >= 0.3 is 0 Å². The van der Waals surface area contributed by atoms with Gasteiger partial charge in [-0.1, -0.05) is 37.3 Å². The summed E-state index contributed by atoms with van der Waals surface area (Å²) in [6, 6.07) is 9.89. The number of hydrogen-bond acceptors (Lipinski definition) is 3. The van der Waals surface area contributed by atoms with Crippen molar-refractivity contribution < 1.29 is 14.2 Å². The van der Waals surface area contributed by atoms with E-state index in [0.717, 1.165) is 57.1 Å². The molecule has 2 heterocycles. The number of quaternary nitrogens is 1. The Morgan fingerprint density at radius 1 is 1.15 bits per heavy atom. The number of allylic oxidation sites excluding steroid dienone is 1. The number of nitrogens with zero attached hydrogens (tertiary/aromatic N) is 1. The van der Waals surface area contributed by atoms with Crippen LogP contribution in [0.1, 0.15) is 58.3 Å². The van der Waals surface area contributed by atoms with Crippen molar-refractivity contribution in [3.05, 3.63) is 58.8 Å². The molecular formula is C28H36N2O3. The van der Waals surface area contributed by atoms with Gasteiger partial charge in [0.1, 0.15) is 0 Å². The van der Waals surface area contributed by atoms with E-state index in [4.69, 9.17) is 4.74 Å². The van der Waals surface area contributed by atoms with Gasteiger partial charge in [0, 0.05) is 24.4 Å². The lowest BCUT2D eigenvalue weighted by molar-refractivity contribution is -0.869. The Bertz CT molecular complexity index is 1040. The Morgan fingerprint density at radius 2 is 1.94 bits per heavy atom. The van der Waals surface area contributed by atoms with Crippen molar-refractivity contribution >= 4 is 11.6 Å². The SMILES string of the molecule is C[C@]12CC=C3C=C4CC[C@H]([N+](C)(C)[O-])C[C@]45CC[C@]3(O5)[C@@H]1CC[C@@H]2C(=O)Nc1ccccc1. The topological polar surface area (TPSA) is 61.4 Å². The van der Waals surface area contributed by atoms with E-state index in [1.54, 1.807) is 14.1 Å². The summed E-state index contributed by atoms with van der Waals surface area (Å²) in [4.78, 5) is 13.4. The number of carbonyl (C=O) groups excluding carboxylic acids is 1. The molecule has 1 N–H and O–H groups in total. The average molecular weight is 449 g/mol. The summed E-state index contributed by atoms with van der Waals surface area (Å²) in [6.07, 6.45) is 12.4. The van der Waals surface area contributed by atoms with E-state index in [-0.39, 0.29) is 39.1 Å². The second-order valence-corrected chi connectivity index (χ2v) is 11.9. The maximum absolute atomic E-state index is 13.4. The van der Waals surface area contributed by atoms with Gasteiger partial charge in [0.05, 0.1) is 31.3 Å². The second kappa shape index (κ2) is 7.03. The maximum atomic E-state index is 13.4. The number of amides is 1. The number of rotatable bonds is 3. The predicted octanol–water partition coefficient (Wildman–Crippen LogP) is 5.34. The lowest BCUT2D eigenvalue weighted by Crippen LogP contribution is -2.57. The van der Waals surface area contributed by atoms with Gasteiger partial charge in [-0.3, -0.25) is 4.79 Å². The number of anilines is 1. The van der Waals surface area contributed by atoms with Crippen LogP contribution in [0, 0.1) is 22.5 Å². The molecule has 3 aliphatic carbocycles. The molecule has 33 heavy (non-hydrogen) atoms. The van der Waals surface area contributed by atoms with Crippen LogP contribution in [0.3, 0.4) is 0 Å². The standard InChI is InChI=1S/C28H36N2O3/c1-26-14-13-20-17-19-9-10-22(30(2,3)32)18-27(19)15-16-28(20,33-27)24(26)12-11-23(26)25(31)29-21-7-5-4-6-8-21/h4-8,13,17,22-24H,9-12,14-16,18H2,1-3H3,(H,29,31)/t22-,23+,24+,26+,27+,28+/m0/s1. The number of ether oxygens (including phenoxy) is 1. The Balaban J connectivity index is 1.31. The molecule has 1 amide bonds. The minimum Gasteiger partial charge on any atom is -0.633 e. The molecular weight excluding hydrogens is 412 g/mol. The van der Waals surface area contributed by atoms with Gasteiger partial charge in [-0.05, 0) is 73.1 Å². The number of hydroxylamine groups is 3. The van der Waals surface area contributed by atoms with Gasteiger partial charge < -0.3 is 19.9 Å². The molecule has 5 aliphatic rings. The molecule has 2 bridgehead atoms. The summed E-state index contributed by atoms with van der Waals surface area (Å²) in [5.74, 6) is 0.461. The Labute approximate surface area is 197 Å². The van der Waals surface area contributed by atoms with Crippen LogP contribution in [0.15, 0.2) is 53.6 Å². The van der Waals surface area contributed by atoms with Crippen molar-refractivity contribution in [1.82, 2.24) is 0 Å². The molecule has 2 aliphatic heterocycles. The summed E-state index contributed by atoms with van der Waals surface area (Å²) in [6.45, 7) is 2.32. The molecule has 5 nitrogen and oxygen atoms in total. The first-order chi connectivity index (χ1) is 15.7. The smallest absolute Gasteiger partial charge is 0.228 e. The highest BCUT2D eigenvalue weighted by atomic mass is 16.5. The highest BCUT2D eigenvalue weighted by Gasteiger charge is 2.67. The Morgan fingerprint density at radius 3 is 2.70 bits per heavy atom. The number of nitrogens with one attached hydrogen (secondary N) is 1. The van der Waals surface area contributed by atoms with Crippen LogP contribution in [0.4, 0.5) is 5.69 Å². The van der Waals surface area contributed by atoms with Gasteiger partial charge in [0.2, 0.25) is 5.91 Å². The van der Waals surface area contributed by atoms with E-state index in [1.807, 2.05) is 30.3 Å². The fourth-order valence-electron chi connectivity index (χ4n) is 8.09. The fraction of sp³-hybridized carbons (Fsp3) is 0.607. The average Bonchev–Trinajstić information content (AvgIpc) is 3.29. The molecule has 176 valence electrons. The van der Waals surface area contributed by atoms with Crippen LogP contribution in [0.2, 0.25) is 0 Å². The predicted molar refractivity (Wildman–Crippen MR) is 129 cm³/mol. The Hall–Kier alpha value is -1.95. The Kier molecular flexibility index (Phi) is 4.60. The fourth-order valence-corrected chi connectivity index (χ4v) is 8.09. The molecule has 2 spiro atoms. The van der Waals surface area contributed by atoms with Crippen molar-refractivity contribution in [3.63, 3.8) is 0 Å². The van der Waals surface area contributed by atoms with Crippen molar-refractivity contribution in [2.75, 3.05) is 19.4 Å². The van der Waals surface area contributed by atoms with Crippen LogP contribution in [-0.4, -0.2) is 41.9 Å². The van der Waals surface area contributed by atoms with E-state index in [1.165, 1.54) is 11.1 Å². The quantitative estimate of drug-likeness (QED) is 0.501. The molecule has 0 unspecified atom stereocenters. The van der Waals surface area contributed by atoms with Gasteiger partial charge in [0.25, 0.3) is 0 Å². The second-order valence-electron chi connectivity index (χ2n) is 11.9. The van der Waals surface area contributed by atoms with E-state index in [2.05, 4.69) is 24.4 Å². The van der Waals surface area contributed by atoms with Gasteiger partial charge in [-0.15, -0.1) is 0 Å². The van der Waals surface area contributed by atoms with Crippen LogP contribution >= 0.6 is 0 Å². The summed E-state index contributed by atoms with van der Waals surface area (Å²) in [5, 5.41) is 16.0. The maximum Gasteiger partial charge on any atom is 0.228 e. The number of hydrogen-bond donors (Lipinski definition) is 1. The van der Waals surface area contributed by atoms with Crippen molar-refractivity contribution in [3.8, 4) is 0 Å². The number of para-hydroxylation sites is 1. The zero-order chi connectivity index (χ0) is 23.1. The summed E-state index contributed by atoms with van der Waals surface area (Å²) in [5.41, 5.74) is 2.95. The molecule has 6 atom stereocenters. The summed E-state index contributed by atoms with van der Waals surface area (Å²) >= 11 is 0. The molecule has 2 saturated carbocycles. The third kappa shape index (κ3) is 3.05. The number of benzene rings is 1. The monoisotopic (exact) mass is 448 g/mol. The van der Waals surface area contributed by atoms with Crippen LogP contribution in [-0.2, 0) is 9.53 Å². The van der Waals surface area contributed by atoms with Crippen LogP contribution in [0.25, 0.3) is 0 Å². The first-order valence-corrected chi connectivity index (χ1v) is 12.7. The van der Waals surface area contributed by atoms with Crippen molar-refractivity contribution in [2.24, 2.45) is 17.3 Å². The zero-order valence-corrected chi connectivity index (χ0v) is 20.1. The van der Waals surface area contributed by atoms with E-state index in [0.29, 0.717) is 5.92 Å². The largest absolute Gasteiger partial charge is 0.633 e. The minimum atomic E-state index is -0.291. The third-order valence-electron chi connectivity index (χ3n) is 9.89. The highest BCUT2D eigenvalue weighted by molar-refractivity contribution is 5.93. The lowest BCUT2D eigenvalue weighted by atomic mass is 9.58. The molecule has 0 radical (unpaired) electrons. The molecule has 1 aromatic carbocycles. The van der Waals surface area contributed by atoms with Gasteiger partial charge in [-0.25, -0.2) is 0 Å². The lowest BCUT2D eigenvalue weighted by Gasteiger charge is -2.55. The third-order valence-corrected chi connectivity index (χ3v) is 9.89. The molecule has 1 saturated heterocycles. The normalized spacial score (nSPS) is 41.4.